The summed E-state index contributed by atoms with van der Waals surface area (Å²) in [7, 11) is 1.43. The van der Waals surface area contributed by atoms with Crippen molar-refractivity contribution < 1.29 is 29.3 Å². The highest BCUT2D eigenvalue weighted by atomic mass is 16.6. The number of rotatable bonds is 6. The van der Waals surface area contributed by atoms with Crippen molar-refractivity contribution in [3.63, 3.8) is 0 Å². The smallest absolute Gasteiger partial charge is 0.343 e. The van der Waals surface area contributed by atoms with Crippen LogP contribution in [0.1, 0.15) is 20.7 Å². The van der Waals surface area contributed by atoms with Gasteiger partial charge >= 0.3 is 5.97 Å². The highest BCUT2D eigenvalue weighted by Crippen LogP contribution is 2.31. The van der Waals surface area contributed by atoms with Crippen molar-refractivity contribution in [2.24, 2.45) is 0 Å². The molecule has 0 aromatic heterocycles. The Morgan fingerprint density at radius 2 is 1.46 bits per heavy atom. The van der Waals surface area contributed by atoms with E-state index in [1.165, 1.54) is 31.4 Å². The SMILES string of the molecule is COc1ccc(NC(=O)c2c([N+](=O)[O-])ccc([N+](=O)[O-])c2C(=O)O)cc1. The van der Waals surface area contributed by atoms with Crippen LogP contribution < -0.4 is 10.1 Å². The van der Waals surface area contributed by atoms with Crippen molar-refractivity contribution in [1.82, 2.24) is 0 Å². The molecular weight excluding hydrogens is 350 g/mol. The minimum absolute atomic E-state index is 0.188. The molecule has 134 valence electrons. The number of nitrogens with zero attached hydrogens (tertiary/aromatic N) is 2. The van der Waals surface area contributed by atoms with Gasteiger partial charge in [-0.3, -0.25) is 25.0 Å². The highest BCUT2D eigenvalue weighted by Gasteiger charge is 2.34. The van der Waals surface area contributed by atoms with E-state index in [1.54, 1.807) is 0 Å². The first kappa shape index (κ1) is 18.3. The number of benzene rings is 2. The van der Waals surface area contributed by atoms with Crippen LogP contribution in [0.15, 0.2) is 36.4 Å². The highest BCUT2D eigenvalue weighted by molar-refractivity contribution is 6.15. The topological polar surface area (TPSA) is 162 Å². The maximum absolute atomic E-state index is 12.5. The van der Waals surface area contributed by atoms with Gasteiger partial charge in [-0.2, -0.15) is 0 Å². The Balaban J connectivity index is 2.58. The van der Waals surface area contributed by atoms with E-state index in [2.05, 4.69) is 5.32 Å². The minimum atomic E-state index is -1.83. The van der Waals surface area contributed by atoms with Gasteiger partial charge in [0.05, 0.1) is 17.0 Å². The third kappa shape index (κ3) is 3.56. The van der Waals surface area contributed by atoms with Gasteiger partial charge in [-0.25, -0.2) is 4.79 Å². The third-order valence-electron chi connectivity index (χ3n) is 3.34. The van der Waals surface area contributed by atoms with Crippen molar-refractivity contribution in [3.05, 3.63) is 67.8 Å². The Morgan fingerprint density at radius 3 is 1.88 bits per heavy atom. The average molecular weight is 361 g/mol. The van der Waals surface area contributed by atoms with E-state index in [0.29, 0.717) is 17.9 Å². The largest absolute Gasteiger partial charge is 0.497 e. The number of nitro groups is 2. The van der Waals surface area contributed by atoms with Gasteiger partial charge < -0.3 is 15.2 Å². The zero-order valence-corrected chi connectivity index (χ0v) is 13.2. The van der Waals surface area contributed by atoms with Crippen molar-refractivity contribution >= 4 is 28.9 Å². The van der Waals surface area contributed by atoms with Crippen LogP contribution in [-0.4, -0.2) is 33.9 Å². The summed E-state index contributed by atoms with van der Waals surface area (Å²) in [6.07, 6.45) is 0. The van der Waals surface area contributed by atoms with Crippen molar-refractivity contribution in [2.45, 2.75) is 0 Å². The number of nitro benzene ring substituents is 2. The molecule has 2 aromatic rings. The summed E-state index contributed by atoms with van der Waals surface area (Å²) in [6.45, 7) is 0. The van der Waals surface area contributed by atoms with Gasteiger partial charge in [-0.05, 0) is 24.3 Å². The zero-order valence-electron chi connectivity index (χ0n) is 13.2. The molecule has 0 radical (unpaired) electrons. The Labute approximate surface area is 145 Å². The Morgan fingerprint density at radius 1 is 0.962 bits per heavy atom. The standard InChI is InChI=1S/C15H11N3O8/c1-26-9-4-2-8(3-5-9)16-14(19)12-10(17(22)23)6-7-11(18(24)25)13(12)15(20)21/h2-7H,1H3,(H,16,19)(H,20,21). The summed E-state index contributed by atoms with van der Waals surface area (Å²) in [6, 6.07) is 7.21. The van der Waals surface area contributed by atoms with Crippen LogP contribution in [-0.2, 0) is 0 Å². The van der Waals surface area contributed by atoms with E-state index in [1.807, 2.05) is 0 Å². The quantitative estimate of drug-likeness (QED) is 0.585. The lowest BCUT2D eigenvalue weighted by molar-refractivity contribution is -0.389. The van der Waals surface area contributed by atoms with Crippen molar-refractivity contribution in [1.29, 1.82) is 0 Å². The van der Waals surface area contributed by atoms with Gasteiger partial charge in [0.25, 0.3) is 17.3 Å². The second kappa shape index (κ2) is 7.25. The van der Waals surface area contributed by atoms with Gasteiger partial charge in [0, 0.05) is 17.8 Å². The summed E-state index contributed by atoms with van der Waals surface area (Å²) in [4.78, 5) is 44.1. The molecule has 26 heavy (non-hydrogen) atoms. The molecule has 2 N–H and O–H groups in total. The van der Waals surface area contributed by atoms with E-state index in [0.717, 1.165) is 0 Å². The first-order valence-electron chi connectivity index (χ1n) is 6.90. The van der Waals surface area contributed by atoms with Crippen molar-refractivity contribution in [3.8, 4) is 5.75 Å². The molecule has 0 fully saturated rings. The van der Waals surface area contributed by atoms with Crippen LogP contribution in [0, 0.1) is 20.2 Å². The fraction of sp³-hybridized carbons (Fsp3) is 0.0667. The number of methoxy groups -OCH3 is 1. The Bertz CT molecular complexity index is 908. The first-order valence-corrected chi connectivity index (χ1v) is 6.90. The van der Waals surface area contributed by atoms with Crippen molar-refractivity contribution in [2.75, 3.05) is 12.4 Å². The molecule has 11 nitrogen and oxygen atoms in total. The predicted octanol–water partition coefficient (Wildman–Crippen LogP) is 2.46. The van der Waals surface area contributed by atoms with Crippen LogP contribution >= 0.6 is 0 Å². The van der Waals surface area contributed by atoms with Crippen LogP contribution in [0.25, 0.3) is 0 Å². The number of carboxylic acids is 1. The van der Waals surface area contributed by atoms with Crippen LogP contribution in [0.4, 0.5) is 17.1 Å². The van der Waals surface area contributed by atoms with E-state index in [-0.39, 0.29) is 5.69 Å². The monoisotopic (exact) mass is 361 g/mol. The molecule has 0 atom stereocenters. The molecule has 2 aromatic carbocycles. The molecule has 0 bridgehead atoms. The van der Waals surface area contributed by atoms with Gasteiger partial charge in [0.2, 0.25) is 0 Å². The number of hydrogen-bond donors (Lipinski definition) is 2. The van der Waals surface area contributed by atoms with E-state index >= 15 is 0 Å². The molecule has 11 heteroatoms. The number of hydrogen-bond acceptors (Lipinski definition) is 7. The van der Waals surface area contributed by atoms with Crippen LogP contribution in [0.5, 0.6) is 5.75 Å². The first-order chi connectivity index (χ1) is 12.3. The summed E-state index contributed by atoms with van der Waals surface area (Å²) in [5, 5.41) is 33.7. The fourth-order valence-corrected chi connectivity index (χ4v) is 2.20. The average Bonchev–Trinajstić information content (AvgIpc) is 2.60. The van der Waals surface area contributed by atoms with Gasteiger partial charge in [-0.15, -0.1) is 0 Å². The molecule has 0 unspecified atom stereocenters. The number of carboxylic acid groups (broad SMARTS) is 1. The maximum Gasteiger partial charge on any atom is 0.343 e. The predicted molar refractivity (Wildman–Crippen MR) is 87.7 cm³/mol. The van der Waals surface area contributed by atoms with Gasteiger partial charge in [-0.1, -0.05) is 0 Å². The number of amides is 1. The number of carbonyl (C=O) groups excluding carboxylic acids is 1. The summed E-state index contributed by atoms with van der Waals surface area (Å²) in [5.41, 5.74) is -3.57. The van der Waals surface area contributed by atoms with E-state index in [9.17, 15) is 34.9 Å². The molecule has 2 rings (SSSR count). The Kier molecular flexibility index (Phi) is 5.11. The molecule has 0 aliphatic heterocycles. The summed E-state index contributed by atoms with van der Waals surface area (Å²) < 4.78 is 4.95. The van der Waals surface area contributed by atoms with E-state index < -0.39 is 44.2 Å². The molecule has 0 saturated carbocycles. The lowest BCUT2D eigenvalue weighted by Crippen LogP contribution is -2.19. The number of nitrogens with one attached hydrogen (secondary N) is 1. The normalized spacial score (nSPS) is 10.0. The molecule has 1 amide bonds. The molecule has 0 heterocycles. The lowest BCUT2D eigenvalue weighted by atomic mass is 10.0. The van der Waals surface area contributed by atoms with Crippen LogP contribution in [0.2, 0.25) is 0 Å². The molecule has 0 aliphatic rings. The Hall–Kier alpha value is -4.02. The van der Waals surface area contributed by atoms with E-state index in [4.69, 9.17) is 4.74 Å². The van der Waals surface area contributed by atoms with Crippen LogP contribution in [0.3, 0.4) is 0 Å². The maximum atomic E-state index is 12.5. The summed E-state index contributed by atoms with van der Waals surface area (Å²) >= 11 is 0. The summed E-state index contributed by atoms with van der Waals surface area (Å²) in [5.74, 6) is -2.51. The molecular formula is C15H11N3O8. The third-order valence-corrected chi connectivity index (χ3v) is 3.34. The van der Waals surface area contributed by atoms with Gasteiger partial charge in [0.1, 0.15) is 11.3 Å². The molecule has 0 aliphatic carbocycles. The minimum Gasteiger partial charge on any atom is -0.497 e. The second-order valence-corrected chi connectivity index (χ2v) is 4.86. The number of anilines is 1. The second-order valence-electron chi connectivity index (χ2n) is 4.86. The van der Waals surface area contributed by atoms with Gasteiger partial charge in [0.15, 0.2) is 5.56 Å². The number of carbonyl (C=O) groups is 2. The number of aromatic carboxylic acids is 1. The molecule has 0 spiro atoms. The zero-order chi connectivity index (χ0) is 19.4. The lowest BCUT2D eigenvalue weighted by Gasteiger charge is -2.09. The number of ether oxygens (including phenoxy) is 1. The fourth-order valence-electron chi connectivity index (χ4n) is 2.20. The molecule has 0 saturated heterocycles.